The van der Waals surface area contributed by atoms with E-state index < -0.39 is 21.8 Å². The number of carbonyl (C=O) groups is 1. The number of alkyl halides is 3. The van der Waals surface area contributed by atoms with E-state index in [4.69, 9.17) is 0 Å². The van der Waals surface area contributed by atoms with Gasteiger partial charge in [0.2, 0.25) is 16.0 Å². The third-order valence-electron chi connectivity index (χ3n) is 5.79. The molecule has 1 aliphatic rings. The predicted octanol–water partition coefficient (Wildman–Crippen LogP) is 3.30. The lowest BCUT2D eigenvalue weighted by atomic mass is 10.1. The van der Waals surface area contributed by atoms with Crippen molar-refractivity contribution >= 4 is 22.3 Å². The Hall–Kier alpha value is -3.32. The first-order chi connectivity index (χ1) is 16.5. The summed E-state index contributed by atoms with van der Waals surface area (Å²) in [6.07, 6.45) is 2.36. The molecule has 3 aromatic rings. The molecule has 3 heterocycles. The van der Waals surface area contributed by atoms with Crippen LogP contribution in [-0.2, 0) is 16.2 Å². The average molecular weight is 509 g/mol. The first-order valence-electron chi connectivity index (χ1n) is 10.7. The van der Waals surface area contributed by atoms with Gasteiger partial charge >= 0.3 is 6.18 Å². The number of piperidine rings is 1. The zero-order valence-electron chi connectivity index (χ0n) is 19.0. The second kappa shape index (κ2) is 9.38. The number of aryl methyl sites for hydroxylation is 1. The van der Waals surface area contributed by atoms with Gasteiger partial charge in [-0.15, -0.1) is 0 Å². The van der Waals surface area contributed by atoms with Crippen LogP contribution >= 0.6 is 0 Å². The number of aromatic nitrogens is 4. The molecule has 0 atom stereocenters. The van der Waals surface area contributed by atoms with E-state index in [1.807, 2.05) is 0 Å². The van der Waals surface area contributed by atoms with Gasteiger partial charge in [0.1, 0.15) is 12.0 Å². The van der Waals surface area contributed by atoms with Gasteiger partial charge in [0.15, 0.2) is 0 Å². The van der Waals surface area contributed by atoms with Crippen LogP contribution in [0.15, 0.2) is 36.9 Å². The molecule has 0 aliphatic carbocycles. The summed E-state index contributed by atoms with van der Waals surface area (Å²) in [5.41, 5.74) is 0.296. The van der Waals surface area contributed by atoms with Gasteiger partial charge in [-0.25, -0.2) is 27.7 Å². The van der Waals surface area contributed by atoms with Crippen LogP contribution in [0.2, 0.25) is 0 Å². The normalized spacial score (nSPS) is 15.8. The number of hydrogen-bond acceptors (Lipinski definition) is 7. The van der Waals surface area contributed by atoms with Gasteiger partial charge in [0.25, 0.3) is 0 Å². The maximum absolute atomic E-state index is 13.6. The number of aldehydes is 1. The molecular weight excluding hydrogens is 485 g/mol. The van der Waals surface area contributed by atoms with E-state index >= 15 is 0 Å². The Kier molecular flexibility index (Phi) is 6.64. The maximum Gasteiger partial charge on any atom is 0.418 e. The summed E-state index contributed by atoms with van der Waals surface area (Å²) in [5, 5.41) is 3.21. The van der Waals surface area contributed by atoms with E-state index in [0.717, 1.165) is 6.07 Å². The van der Waals surface area contributed by atoms with E-state index in [1.165, 1.54) is 39.8 Å². The van der Waals surface area contributed by atoms with Gasteiger partial charge < -0.3 is 9.88 Å². The molecule has 0 bridgehead atoms. The van der Waals surface area contributed by atoms with Gasteiger partial charge in [-0.2, -0.15) is 13.2 Å². The summed E-state index contributed by atoms with van der Waals surface area (Å²) in [5.74, 6) is 0.323. The van der Waals surface area contributed by atoms with Crippen molar-refractivity contribution < 1.29 is 26.4 Å². The molecule has 9 nitrogen and oxygen atoms in total. The van der Waals surface area contributed by atoms with Gasteiger partial charge in [0.05, 0.1) is 29.5 Å². The number of rotatable bonds is 6. The monoisotopic (exact) mass is 508 g/mol. The van der Waals surface area contributed by atoms with E-state index in [9.17, 15) is 26.4 Å². The Morgan fingerprint density at radius 2 is 1.89 bits per heavy atom. The lowest BCUT2D eigenvalue weighted by Crippen LogP contribution is -2.42. The minimum absolute atomic E-state index is 0.0215. The van der Waals surface area contributed by atoms with Crippen molar-refractivity contribution in [2.45, 2.75) is 32.0 Å². The molecule has 13 heteroatoms. The Morgan fingerprint density at radius 1 is 1.17 bits per heavy atom. The fourth-order valence-corrected chi connectivity index (χ4v) is 4.82. The average Bonchev–Trinajstić information content (AvgIpc) is 3.29. The van der Waals surface area contributed by atoms with Gasteiger partial charge in [-0.05, 0) is 43.5 Å². The van der Waals surface area contributed by atoms with Crippen LogP contribution in [-0.4, -0.2) is 63.9 Å². The zero-order chi connectivity index (χ0) is 25.4. The van der Waals surface area contributed by atoms with Crippen molar-refractivity contribution in [3.63, 3.8) is 0 Å². The molecule has 35 heavy (non-hydrogen) atoms. The summed E-state index contributed by atoms with van der Waals surface area (Å²) < 4.78 is 66.8. The fraction of sp³-hybridized carbons (Fsp3) is 0.364. The highest BCUT2D eigenvalue weighted by Gasteiger charge is 2.34. The van der Waals surface area contributed by atoms with Crippen molar-refractivity contribution in [2.24, 2.45) is 0 Å². The largest absolute Gasteiger partial charge is 0.418 e. The summed E-state index contributed by atoms with van der Waals surface area (Å²) in [7, 11) is -3.23. The molecule has 186 valence electrons. The molecule has 0 radical (unpaired) electrons. The van der Waals surface area contributed by atoms with Gasteiger partial charge in [-0.3, -0.25) is 4.79 Å². The first kappa shape index (κ1) is 24.8. The molecule has 0 unspecified atom stereocenters. The Morgan fingerprint density at radius 3 is 2.51 bits per heavy atom. The number of nitrogens with zero attached hydrogens (tertiary/aromatic N) is 5. The number of benzene rings is 1. The molecule has 1 aromatic carbocycles. The number of hydrogen-bond donors (Lipinski definition) is 1. The minimum atomic E-state index is -4.66. The molecule has 2 aromatic heterocycles. The second-order valence-corrected chi connectivity index (χ2v) is 10.3. The van der Waals surface area contributed by atoms with Gasteiger partial charge in [0, 0.05) is 37.1 Å². The topological polar surface area (TPSA) is 110 Å². The second-order valence-electron chi connectivity index (χ2n) is 8.36. The third kappa shape index (κ3) is 5.51. The summed E-state index contributed by atoms with van der Waals surface area (Å²) in [4.78, 5) is 24.0. The number of imidazole rings is 1. The Balaban J connectivity index is 1.58. The smallest absolute Gasteiger partial charge is 0.351 e. The van der Waals surface area contributed by atoms with Crippen LogP contribution in [0.5, 0.6) is 0 Å². The minimum Gasteiger partial charge on any atom is -0.351 e. The quantitative estimate of drug-likeness (QED) is 0.509. The lowest BCUT2D eigenvalue weighted by molar-refractivity contribution is -0.137. The van der Waals surface area contributed by atoms with Gasteiger partial charge in [-0.1, -0.05) is 0 Å². The number of sulfonamides is 1. The third-order valence-corrected chi connectivity index (χ3v) is 7.10. The van der Waals surface area contributed by atoms with E-state index in [1.54, 1.807) is 13.1 Å². The van der Waals surface area contributed by atoms with Crippen LogP contribution in [0.3, 0.4) is 0 Å². The molecular formula is C22H23F3N6O3S. The van der Waals surface area contributed by atoms with Crippen molar-refractivity contribution in [1.29, 1.82) is 0 Å². The van der Waals surface area contributed by atoms with Crippen LogP contribution in [0.25, 0.3) is 17.1 Å². The van der Waals surface area contributed by atoms with Crippen LogP contribution in [0, 0.1) is 6.92 Å². The fourth-order valence-electron chi connectivity index (χ4n) is 3.94. The standard InChI is InChI=1S/C22H23F3N6O3S/c1-14-10-26-21(28-16-5-7-31(8-6-16)35(2,33)34)29-20(14)18-11-30(13-27-18)19-4-3-15(12-32)9-17(19)22(23,24)25/h3-4,9-13,16H,5-8H2,1-2H3,(H,26,28,29). The summed E-state index contributed by atoms with van der Waals surface area (Å²) >= 11 is 0. The van der Waals surface area contributed by atoms with Crippen molar-refractivity contribution in [3.8, 4) is 17.1 Å². The molecule has 0 amide bonds. The number of halogens is 3. The molecule has 0 saturated carbocycles. The number of nitrogens with one attached hydrogen (secondary N) is 1. The summed E-state index contributed by atoms with van der Waals surface area (Å²) in [6, 6.07) is 3.31. The lowest BCUT2D eigenvalue weighted by Gasteiger charge is -2.30. The molecule has 0 spiro atoms. The van der Waals surface area contributed by atoms with Crippen LogP contribution in [0.4, 0.5) is 19.1 Å². The van der Waals surface area contributed by atoms with E-state index in [-0.39, 0.29) is 17.3 Å². The molecule has 1 saturated heterocycles. The molecule has 1 N–H and O–H groups in total. The highest BCUT2D eigenvalue weighted by Crippen LogP contribution is 2.35. The molecule has 1 fully saturated rings. The Bertz CT molecular complexity index is 1350. The first-order valence-corrected chi connectivity index (χ1v) is 12.6. The summed E-state index contributed by atoms with van der Waals surface area (Å²) in [6.45, 7) is 2.55. The van der Waals surface area contributed by atoms with Crippen molar-refractivity contribution in [3.05, 3.63) is 53.6 Å². The number of carbonyl (C=O) groups excluding carboxylic acids is 1. The Labute approximate surface area is 200 Å². The SMILES string of the molecule is Cc1cnc(NC2CCN(S(C)(=O)=O)CC2)nc1-c1cn(-c2ccc(C=O)cc2C(F)(F)F)cn1. The van der Waals surface area contributed by atoms with E-state index in [2.05, 4.69) is 20.3 Å². The highest BCUT2D eigenvalue weighted by atomic mass is 32.2. The van der Waals surface area contributed by atoms with Crippen LogP contribution < -0.4 is 5.32 Å². The van der Waals surface area contributed by atoms with Crippen LogP contribution in [0.1, 0.15) is 34.3 Å². The highest BCUT2D eigenvalue weighted by molar-refractivity contribution is 7.88. The molecule has 4 rings (SSSR count). The van der Waals surface area contributed by atoms with E-state index in [0.29, 0.717) is 55.1 Å². The van der Waals surface area contributed by atoms with Crippen molar-refractivity contribution in [2.75, 3.05) is 24.7 Å². The van der Waals surface area contributed by atoms with Crippen molar-refractivity contribution in [1.82, 2.24) is 23.8 Å². The zero-order valence-corrected chi connectivity index (χ0v) is 19.8. The maximum atomic E-state index is 13.6. The predicted molar refractivity (Wildman–Crippen MR) is 123 cm³/mol. The number of anilines is 1. The molecule has 1 aliphatic heterocycles.